The number of nitrogens with zero attached hydrogens (tertiary/aromatic N) is 3. The van der Waals surface area contributed by atoms with Crippen molar-refractivity contribution in [2.75, 3.05) is 45.8 Å². The van der Waals surface area contributed by atoms with Gasteiger partial charge in [0.05, 0.1) is 5.92 Å². The fourth-order valence-electron chi connectivity index (χ4n) is 3.83. The molecule has 5 heteroatoms. The van der Waals surface area contributed by atoms with E-state index < -0.39 is 0 Å². The van der Waals surface area contributed by atoms with Crippen molar-refractivity contribution in [3.8, 4) is 0 Å². The van der Waals surface area contributed by atoms with E-state index >= 15 is 0 Å². The summed E-state index contributed by atoms with van der Waals surface area (Å²) < 4.78 is 0. The molecular formula is C20H29N3O2. The van der Waals surface area contributed by atoms with Gasteiger partial charge < -0.3 is 9.80 Å². The highest BCUT2D eigenvalue weighted by Gasteiger charge is 2.36. The largest absolute Gasteiger partial charge is 0.342 e. The summed E-state index contributed by atoms with van der Waals surface area (Å²) in [5.74, 6) is 0.145. The van der Waals surface area contributed by atoms with Gasteiger partial charge in [-0.25, -0.2) is 0 Å². The quantitative estimate of drug-likeness (QED) is 0.789. The van der Waals surface area contributed by atoms with Gasteiger partial charge in [0.2, 0.25) is 11.8 Å². The van der Waals surface area contributed by atoms with E-state index in [0.29, 0.717) is 19.5 Å². The SMILES string of the molecule is CCCN1CCN(C(=O)[C@H]2CC(=O)N(CCc3ccccc3)C2)CC1. The predicted octanol–water partition coefficient (Wildman–Crippen LogP) is 1.63. The fraction of sp³-hybridized carbons (Fsp3) is 0.600. The van der Waals surface area contributed by atoms with Crippen LogP contribution in [-0.4, -0.2) is 72.3 Å². The molecule has 2 amide bonds. The molecule has 0 spiro atoms. The van der Waals surface area contributed by atoms with Crippen LogP contribution in [0.5, 0.6) is 0 Å². The average molecular weight is 343 g/mol. The summed E-state index contributed by atoms with van der Waals surface area (Å²) in [6, 6.07) is 10.2. The van der Waals surface area contributed by atoms with E-state index in [2.05, 4.69) is 24.0 Å². The molecule has 1 atom stereocenters. The molecule has 1 aromatic carbocycles. The molecule has 1 aromatic rings. The number of amides is 2. The van der Waals surface area contributed by atoms with Gasteiger partial charge in [-0.3, -0.25) is 14.5 Å². The fourth-order valence-corrected chi connectivity index (χ4v) is 3.83. The van der Waals surface area contributed by atoms with Crippen molar-refractivity contribution in [3.63, 3.8) is 0 Å². The van der Waals surface area contributed by atoms with Gasteiger partial charge in [0.25, 0.3) is 0 Å². The molecule has 2 saturated heterocycles. The number of piperazine rings is 1. The molecule has 2 aliphatic rings. The van der Waals surface area contributed by atoms with Crippen molar-refractivity contribution < 1.29 is 9.59 Å². The molecule has 0 N–H and O–H groups in total. The summed E-state index contributed by atoms with van der Waals surface area (Å²) in [4.78, 5) is 31.3. The molecule has 5 nitrogen and oxygen atoms in total. The lowest BCUT2D eigenvalue weighted by Crippen LogP contribution is -2.50. The summed E-state index contributed by atoms with van der Waals surface area (Å²) in [6.07, 6.45) is 2.38. The minimum atomic E-state index is -0.152. The van der Waals surface area contributed by atoms with E-state index in [-0.39, 0.29) is 17.7 Å². The summed E-state index contributed by atoms with van der Waals surface area (Å²) in [5.41, 5.74) is 1.23. The summed E-state index contributed by atoms with van der Waals surface area (Å²) in [7, 11) is 0. The van der Waals surface area contributed by atoms with Gasteiger partial charge in [-0.2, -0.15) is 0 Å². The standard InChI is InChI=1S/C20H29N3O2/c1-2-9-21-11-13-22(14-12-21)20(25)18-15-19(24)23(16-18)10-8-17-6-4-3-5-7-17/h3-7,18H,2,8-16H2,1H3/t18-/m0/s1. The first kappa shape index (κ1) is 17.9. The molecule has 3 rings (SSSR count). The van der Waals surface area contributed by atoms with Crippen LogP contribution in [0.1, 0.15) is 25.3 Å². The molecule has 2 fully saturated rings. The van der Waals surface area contributed by atoms with Crippen molar-refractivity contribution in [2.24, 2.45) is 5.92 Å². The van der Waals surface area contributed by atoms with Crippen molar-refractivity contribution in [1.82, 2.24) is 14.7 Å². The number of hydrogen-bond acceptors (Lipinski definition) is 3. The van der Waals surface area contributed by atoms with Gasteiger partial charge in [0, 0.05) is 45.7 Å². The Morgan fingerprint density at radius 1 is 1.08 bits per heavy atom. The van der Waals surface area contributed by atoms with Crippen LogP contribution in [0.2, 0.25) is 0 Å². The number of carbonyl (C=O) groups excluding carboxylic acids is 2. The number of likely N-dealkylation sites (tertiary alicyclic amines) is 1. The molecule has 0 aromatic heterocycles. The number of benzene rings is 1. The van der Waals surface area contributed by atoms with Crippen LogP contribution in [-0.2, 0) is 16.0 Å². The molecule has 2 aliphatic heterocycles. The Balaban J connectivity index is 1.47. The molecule has 136 valence electrons. The van der Waals surface area contributed by atoms with Crippen molar-refractivity contribution in [1.29, 1.82) is 0 Å². The zero-order valence-corrected chi connectivity index (χ0v) is 15.2. The van der Waals surface area contributed by atoms with E-state index in [1.54, 1.807) is 0 Å². The van der Waals surface area contributed by atoms with Gasteiger partial charge in [-0.1, -0.05) is 37.3 Å². The second kappa shape index (κ2) is 8.48. The van der Waals surface area contributed by atoms with Crippen molar-refractivity contribution in [3.05, 3.63) is 35.9 Å². The van der Waals surface area contributed by atoms with Gasteiger partial charge in [-0.15, -0.1) is 0 Å². The molecule has 0 aliphatic carbocycles. The zero-order chi connectivity index (χ0) is 17.6. The minimum absolute atomic E-state index is 0.124. The maximum atomic E-state index is 12.8. The molecule has 0 saturated carbocycles. The second-order valence-electron chi connectivity index (χ2n) is 7.14. The van der Waals surface area contributed by atoms with Crippen LogP contribution in [0.25, 0.3) is 0 Å². The second-order valence-corrected chi connectivity index (χ2v) is 7.14. The maximum absolute atomic E-state index is 12.8. The molecule has 25 heavy (non-hydrogen) atoms. The molecular weight excluding hydrogens is 314 g/mol. The highest BCUT2D eigenvalue weighted by Crippen LogP contribution is 2.21. The Kier molecular flexibility index (Phi) is 6.08. The van der Waals surface area contributed by atoms with E-state index in [0.717, 1.165) is 45.6 Å². The van der Waals surface area contributed by atoms with Gasteiger partial charge in [0.1, 0.15) is 0 Å². The first-order valence-electron chi connectivity index (χ1n) is 9.50. The molecule has 2 heterocycles. The number of hydrogen-bond donors (Lipinski definition) is 0. The lowest BCUT2D eigenvalue weighted by molar-refractivity contribution is -0.137. The Bertz CT molecular complexity index is 582. The number of carbonyl (C=O) groups is 2. The van der Waals surface area contributed by atoms with Crippen LogP contribution >= 0.6 is 0 Å². The molecule has 0 radical (unpaired) electrons. The Morgan fingerprint density at radius 2 is 1.80 bits per heavy atom. The normalized spacial score (nSPS) is 21.8. The first-order chi connectivity index (χ1) is 12.2. The lowest BCUT2D eigenvalue weighted by atomic mass is 10.1. The Hall–Kier alpha value is -1.88. The summed E-state index contributed by atoms with van der Waals surface area (Å²) in [5, 5.41) is 0. The van der Waals surface area contributed by atoms with Gasteiger partial charge in [-0.05, 0) is 24.9 Å². The molecule has 0 unspecified atom stereocenters. The third-order valence-corrected chi connectivity index (χ3v) is 5.30. The highest BCUT2D eigenvalue weighted by molar-refractivity contribution is 5.89. The Morgan fingerprint density at radius 3 is 2.48 bits per heavy atom. The summed E-state index contributed by atoms with van der Waals surface area (Å²) >= 11 is 0. The third kappa shape index (κ3) is 4.60. The predicted molar refractivity (Wildman–Crippen MR) is 98.1 cm³/mol. The van der Waals surface area contributed by atoms with E-state index in [9.17, 15) is 9.59 Å². The van der Waals surface area contributed by atoms with Gasteiger partial charge >= 0.3 is 0 Å². The smallest absolute Gasteiger partial charge is 0.228 e. The van der Waals surface area contributed by atoms with E-state index in [1.807, 2.05) is 28.0 Å². The van der Waals surface area contributed by atoms with Crippen LogP contribution in [0.3, 0.4) is 0 Å². The van der Waals surface area contributed by atoms with Crippen molar-refractivity contribution in [2.45, 2.75) is 26.2 Å². The van der Waals surface area contributed by atoms with E-state index in [4.69, 9.17) is 0 Å². The van der Waals surface area contributed by atoms with Crippen LogP contribution in [0.4, 0.5) is 0 Å². The monoisotopic (exact) mass is 343 g/mol. The minimum Gasteiger partial charge on any atom is -0.342 e. The lowest BCUT2D eigenvalue weighted by Gasteiger charge is -2.35. The zero-order valence-electron chi connectivity index (χ0n) is 15.2. The van der Waals surface area contributed by atoms with E-state index in [1.165, 1.54) is 5.56 Å². The first-order valence-corrected chi connectivity index (χ1v) is 9.50. The summed E-state index contributed by atoms with van der Waals surface area (Å²) in [6.45, 7) is 8.09. The van der Waals surface area contributed by atoms with Crippen molar-refractivity contribution >= 4 is 11.8 Å². The van der Waals surface area contributed by atoms with Gasteiger partial charge in [0.15, 0.2) is 0 Å². The van der Waals surface area contributed by atoms with Crippen LogP contribution in [0, 0.1) is 5.92 Å². The Labute approximate surface area is 150 Å². The topological polar surface area (TPSA) is 43.9 Å². The maximum Gasteiger partial charge on any atom is 0.228 e. The van der Waals surface area contributed by atoms with Crippen LogP contribution < -0.4 is 0 Å². The molecule has 0 bridgehead atoms. The third-order valence-electron chi connectivity index (χ3n) is 5.30. The average Bonchev–Trinajstić information content (AvgIpc) is 3.02. The highest BCUT2D eigenvalue weighted by atomic mass is 16.2. The number of rotatable bonds is 6. The van der Waals surface area contributed by atoms with Crippen LogP contribution in [0.15, 0.2) is 30.3 Å².